The molecule has 2 heterocycles. The summed E-state index contributed by atoms with van der Waals surface area (Å²) >= 11 is 5.65. The van der Waals surface area contributed by atoms with Crippen LogP contribution in [-0.4, -0.2) is 33.4 Å². The zero-order chi connectivity index (χ0) is 18.9. The van der Waals surface area contributed by atoms with E-state index in [-0.39, 0.29) is 11.7 Å². The standard InChI is InChI=1S/C17H16ClF2N3O3/c1-10-12(9-18)26-15(17(10,19)20)23-8-7-13(22-16(23)25)21-14(24)11-5-3-2-4-6-11/h2-8,10,12,15H,9H2,1H3,(H,21,22,24,25)/t10-,12-,15-/m1/s1. The molecule has 0 radical (unpaired) electrons. The molecule has 0 spiro atoms. The molecule has 1 aromatic carbocycles. The van der Waals surface area contributed by atoms with E-state index >= 15 is 0 Å². The topological polar surface area (TPSA) is 73.2 Å². The number of nitrogens with zero attached hydrogens (tertiary/aromatic N) is 2. The number of carbonyl (C=O) groups is 1. The minimum Gasteiger partial charge on any atom is -0.347 e. The molecule has 1 fully saturated rings. The first-order valence-electron chi connectivity index (χ1n) is 7.89. The van der Waals surface area contributed by atoms with Crippen LogP contribution in [0.4, 0.5) is 14.6 Å². The number of aromatic nitrogens is 2. The van der Waals surface area contributed by atoms with Crippen LogP contribution < -0.4 is 11.0 Å². The van der Waals surface area contributed by atoms with Crippen LogP contribution in [0.2, 0.25) is 0 Å². The fraction of sp³-hybridized carbons (Fsp3) is 0.353. The molecule has 3 atom stereocenters. The van der Waals surface area contributed by atoms with Crippen LogP contribution in [0.1, 0.15) is 23.5 Å². The highest BCUT2D eigenvalue weighted by atomic mass is 35.5. The number of halogens is 3. The monoisotopic (exact) mass is 383 g/mol. The normalized spacial score (nSPS) is 24.4. The Labute approximate surface area is 152 Å². The summed E-state index contributed by atoms with van der Waals surface area (Å²) in [5.74, 6) is -5.04. The van der Waals surface area contributed by atoms with Gasteiger partial charge in [-0.2, -0.15) is 4.98 Å². The fourth-order valence-electron chi connectivity index (χ4n) is 2.71. The second-order valence-electron chi connectivity index (χ2n) is 5.97. The molecular formula is C17H16ClF2N3O3. The molecule has 0 bridgehead atoms. The quantitative estimate of drug-likeness (QED) is 0.824. The first kappa shape index (κ1) is 18.5. The summed E-state index contributed by atoms with van der Waals surface area (Å²) in [4.78, 5) is 27.9. The van der Waals surface area contributed by atoms with Crippen LogP contribution in [0.15, 0.2) is 47.4 Å². The molecule has 6 nitrogen and oxygen atoms in total. The number of ether oxygens (including phenoxy) is 1. The molecular weight excluding hydrogens is 368 g/mol. The average Bonchev–Trinajstić information content (AvgIpc) is 2.85. The van der Waals surface area contributed by atoms with E-state index in [1.807, 2.05) is 0 Å². The van der Waals surface area contributed by atoms with E-state index in [1.54, 1.807) is 30.3 Å². The van der Waals surface area contributed by atoms with Crippen molar-refractivity contribution in [2.45, 2.75) is 25.2 Å². The average molecular weight is 384 g/mol. The maximum Gasteiger partial charge on any atom is 0.351 e. The van der Waals surface area contributed by atoms with Crippen molar-refractivity contribution in [2.24, 2.45) is 5.92 Å². The van der Waals surface area contributed by atoms with Crippen LogP contribution >= 0.6 is 11.6 Å². The van der Waals surface area contributed by atoms with Crippen molar-refractivity contribution >= 4 is 23.3 Å². The molecule has 138 valence electrons. The van der Waals surface area contributed by atoms with E-state index in [0.29, 0.717) is 10.1 Å². The van der Waals surface area contributed by atoms with E-state index in [4.69, 9.17) is 16.3 Å². The number of alkyl halides is 3. The summed E-state index contributed by atoms with van der Waals surface area (Å²) in [5, 5.41) is 2.45. The van der Waals surface area contributed by atoms with Crippen LogP contribution in [-0.2, 0) is 4.74 Å². The number of nitrogens with one attached hydrogen (secondary N) is 1. The molecule has 0 unspecified atom stereocenters. The number of carbonyl (C=O) groups excluding carboxylic acids is 1. The minimum absolute atomic E-state index is 0.0386. The van der Waals surface area contributed by atoms with Gasteiger partial charge in [0.05, 0.1) is 12.0 Å². The largest absolute Gasteiger partial charge is 0.351 e. The van der Waals surface area contributed by atoms with Gasteiger partial charge in [-0.05, 0) is 18.2 Å². The third-order valence-corrected chi connectivity index (χ3v) is 4.61. The Bertz CT molecular complexity index is 860. The number of hydrogen-bond donors (Lipinski definition) is 1. The molecule has 1 aliphatic rings. The van der Waals surface area contributed by atoms with Crippen LogP contribution in [0.25, 0.3) is 0 Å². The maximum atomic E-state index is 14.4. The summed E-state index contributed by atoms with van der Waals surface area (Å²) in [6.07, 6.45) is -1.54. The number of anilines is 1. The predicted octanol–water partition coefficient (Wildman–Crippen LogP) is 2.90. The zero-order valence-electron chi connectivity index (χ0n) is 13.7. The first-order chi connectivity index (χ1) is 12.3. The Morgan fingerprint density at radius 2 is 2.04 bits per heavy atom. The molecule has 9 heteroatoms. The second-order valence-corrected chi connectivity index (χ2v) is 6.28. The molecule has 1 N–H and O–H groups in total. The molecule has 26 heavy (non-hydrogen) atoms. The lowest BCUT2D eigenvalue weighted by atomic mass is 10.0. The van der Waals surface area contributed by atoms with Gasteiger partial charge in [-0.3, -0.25) is 9.36 Å². The van der Waals surface area contributed by atoms with Crippen molar-refractivity contribution in [3.63, 3.8) is 0 Å². The molecule has 1 aromatic heterocycles. The van der Waals surface area contributed by atoms with Gasteiger partial charge in [0.1, 0.15) is 5.82 Å². The van der Waals surface area contributed by atoms with Gasteiger partial charge in [0.15, 0.2) is 0 Å². The molecule has 3 rings (SSSR count). The third kappa shape index (κ3) is 3.34. The molecule has 2 aromatic rings. The highest BCUT2D eigenvalue weighted by Crippen LogP contribution is 2.46. The van der Waals surface area contributed by atoms with E-state index in [1.165, 1.54) is 13.0 Å². The Hall–Kier alpha value is -2.32. The first-order valence-corrected chi connectivity index (χ1v) is 8.43. The molecule has 0 saturated carbocycles. The van der Waals surface area contributed by atoms with Crippen molar-refractivity contribution in [1.29, 1.82) is 0 Å². The van der Waals surface area contributed by atoms with Gasteiger partial charge in [0.25, 0.3) is 11.8 Å². The summed E-state index contributed by atoms with van der Waals surface area (Å²) in [6, 6.07) is 9.59. The summed E-state index contributed by atoms with van der Waals surface area (Å²) in [6.45, 7) is 1.32. The highest BCUT2D eigenvalue weighted by molar-refractivity contribution is 6.18. The predicted molar refractivity (Wildman–Crippen MR) is 91.6 cm³/mol. The van der Waals surface area contributed by atoms with Crippen molar-refractivity contribution < 1.29 is 18.3 Å². The van der Waals surface area contributed by atoms with E-state index in [2.05, 4.69) is 10.3 Å². The van der Waals surface area contributed by atoms with Crippen molar-refractivity contribution in [2.75, 3.05) is 11.2 Å². The highest BCUT2D eigenvalue weighted by Gasteiger charge is 2.57. The van der Waals surface area contributed by atoms with Crippen LogP contribution in [0.5, 0.6) is 0 Å². The van der Waals surface area contributed by atoms with Gasteiger partial charge in [0.2, 0.25) is 6.23 Å². The number of benzene rings is 1. The van der Waals surface area contributed by atoms with Crippen molar-refractivity contribution in [3.05, 3.63) is 58.6 Å². The molecule has 1 amide bonds. The van der Waals surface area contributed by atoms with Crippen molar-refractivity contribution in [1.82, 2.24) is 9.55 Å². The Morgan fingerprint density at radius 3 is 2.62 bits per heavy atom. The Balaban J connectivity index is 1.82. The van der Waals surface area contributed by atoms with Crippen LogP contribution in [0, 0.1) is 5.92 Å². The fourth-order valence-corrected chi connectivity index (χ4v) is 3.05. The smallest absolute Gasteiger partial charge is 0.347 e. The number of hydrogen-bond acceptors (Lipinski definition) is 4. The van der Waals surface area contributed by atoms with Gasteiger partial charge < -0.3 is 10.1 Å². The second kappa shape index (κ2) is 7.13. The molecule has 1 aliphatic heterocycles. The van der Waals surface area contributed by atoms with Gasteiger partial charge in [0, 0.05) is 17.6 Å². The van der Waals surface area contributed by atoms with Crippen molar-refractivity contribution in [3.8, 4) is 0 Å². The Kier molecular flexibility index (Phi) is 5.06. The minimum atomic E-state index is -3.28. The lowest BCUT2D eigenvalue weighted by Gasteiger charge is -2.21. The maximum absolute atomic E-state index is 14.4. The Morgan fingerprint density at radius 1 is 1.35 bits per heavy atom. The van der Waals surface area contributed by atoms with Crippen LogP contribution in [0.3, 0.4) is 0 Å². The van der Waals surface area contributed by atoms with Gasteiger partial charge in [-0.25, -0.2) is 13.6 Å². The van der Waals surface area contributed by atoms with Gasteiger partial charge in [-0.15, -0.1) is 11.6 Å². The van der Waals surface area contributed by atoms with E-state index < -0.39 is 35.8 Å². The SMILES string of the molecule is C[C@@H]1[C@@H](CCl)O[C@@H](n2ccc(NC(=O)c3ccccc3)nc2=O)C1(F)F. The molecule has 0 aliphatic carbocycles. The molecule has 1 saturated heterocycles. The number of amides is 1. The van der Waals surface area contributed by atoms with Gasteiger partial charge in [-0.1, -0.05) is 25.1 Å². The lowest BCUT2D eigenvalue weighted by Crippen LogP contribution is -2.37. The van der Waals surface area contributed by atoms with Gasteiger partial charge >= 0.3 is 5.69 Å². The summed E-state index contributed by atoms with van der Waals surface area (Å²) < 4.78 is 34.8. The van der Waals surface area contributed by atoms with E-state index in [9.17, 15) is 18.4 Å². The zero-order valence-corrected chi connectivity index (χ0v) is 14.5. The summed E-state index contributed by atoms with van der Waals surface area (Å²) in [7, 11) is 0. The summed E-state index contributed by atoms with van der Waals surface area (Å²) in [5.41, 5.74) is -0.578. The number of rotatable bonds is 4. The third-order valence-electron chi connectivity index (χ3n) is 4.31. The lowest BCUT2D eigenvalue weighted by molar-refractivity contribution is -0.124. The van der Waals surface area contributed by atoms with E-state index in [0.717, 1.165) is 6.20 Å².